The van der Waals surface area contributed by atoms with Crippen molar-refractivity contribution < 1.29 is 0 Å². The summed E-state index contributed by atoms with van der Waals surface area (Å²) in [4.78, 5) is 2.62. The highest BCUT2D eigenvalue weighted by molar-refractivity contribution is 9.10. The maximum atomic E-state index is 3.60. The number of hydrogen-bond acceptors (Lipinski definition) is 2. The number of anilines is 1. The molecule has 1 aromatic carbocycles. The van der Waals surface area contributed by atoms with E-state index < -0.39 is 0 Å². The van der Waals surface area contributed by atoms with Gasteiger partial charge in [0.1, 0.15) is 0 Å². The smallest absolute Gasteiger partial charge is 0.0412 e. The highest BCUT2D eigenvalue weighted by Crippen LogP contribution is 2.40. The van der Waals surface area contributed by atoms with Gasteiger partial charge in [-0.15, -0.1) is 0 Å². The summed E-state index contributed by atoms with van der Waals surface area (Å²) in [5, 5.41) is 3.46. The van der Waals surface area contributed by atoms with Crippen LogP contribution in [-0.4, -0.2) is 19.6 Å². The first-order chi connectivity index (χ1) is 9.28. The molecule has 1 saturated carbocycles. The molecule has 3 rings (SSSR count). The van der Waals surface area contributed by atoms with Gasteiger partial charge in [0.05, 0.1) is 0 Å². The van der Waals surface area contributed by atoms with Crippen LogP contribution in [0.3, 0.4) is 0 Å². The molecule has 0 radical (unpaired) electrons. The van der Waals surface area contributed by atoms with E-state index in [0.29, 0.717) is 0 Å². The van der Waals surface area contributed by atoms with E-state index in [2.05, 4.69) is 51.3 Å². The van der Waals surface area contributed by atoms with E-state index in [1.807, 2.05) is 0 Å². The van der Waals surface area contributed by atoms with Crippen LogP contribution in [0.5, 0.6) is 0 Å². The Kier molecular flexibility index (Phi) is 4.13. The number of rotatable bonds is 4. The molecular weight excluding hydrogens is 300 g/mol. The molecule has 0 spiro atoms. The number of halogens is 1. The number of fused-ring (bicyclic) bond motifs is 1. The number of hydrogen-bond donors (Lipinski definition) is 1. The Hall–Kier alpha value is -0.540. The van der Waals surface area contributed by atoms with Crippen LogP contribution in [-0.2, 0) is 6.54 Å². The lowest BCUT2D eigenvalue weighted by atomic mass is 10.0. The van der Waals surface area contributed by atoms with Crippen molar-refractivity contribution >= 4 is 21.6 Å². The van der Waals surface area contributed by atoms with Crippen LogP contribution in [0.2, 0.25) is 0 Å². The van der Waals surface area contributed by atoms with Crippen molar-refractivity contribution in [2.45, 2.75) is 32.7 Å². The van der Waals surface area contributed by atoms with Crippen molar-refractivity contribution in [2.24, 2.45) is 11.8 Å². The van der Waals surface area contributed by atoms with Crippen LogP contribution >= 0.6 is 15.9 Å². The zero-order valence-corrected chi connectivity index (χ0v) is 13.2. The first-order valence-electron chi connectivity index (χ1n) is 7.52. The maximum absolute atomic E-state index is 3.60. The van der Waals surface area contributed by atoms with Crippen LogP contribution < -0.4 is 10.2 Å². The van der Waals surface area contributed by atoms with Crippen molar-refractivity contribution in [3.8, 4) is 0 Å². The van der Waals surface area contributed by atoms with E-state index in [9.17, 15) is 0 Å². The molecule has 1 saturated heterocycles. The number of benzene rings is 1. The summed E-state index contributed by atoms with van der Waals surface area (Å²) < 4.78 is 1.18. The lowest BCUT2D eigenvalue weighted by Crippen LogP contribution is -2.23. The molecule has 2 fully saturated rings. The molecule has 19 heavy (non-hydrogen) atoms. The summed E-state index contributed by atoms with van der Waals surface area (Å²) in [6.45, 7) is 6.70. The highest BCUT2D eigenvalue weighted by Gasteiger charge is 2.36. The second-order valence-corrected chi connectivity index (χ2v) is 6.83. The van der Waals surface area contributed by atoms with Crippen LogP contribution in [0, 0.1) is 11.8 Å². The van der Waals surface area contributed by atoms with E-state index in [1.165, 1.54) is 48.1 Å². The van der Waals surface area contributed by atoms with Gasteiger partial charge in [-0.3, -0.25) is 0 Å². The third-order valence-corrected chi connectivity index (χ3v) is 5.17. The standard InChI is InChI=1S/C16H23BrN2/c1-2-18-9-14-8-15(17)6-7-16(14)19-10-12-4-3-5-13(12)11-19/h6-8,12-13,18H,2-5,9-11H2,1H3. The molecule has 1 N–H and O–H groups in total. The normalized spacial score (nSPS) is 25.9. The van der Waals surface area contributed by atoms with Gasteiger partial charge in [0.25, 0.3) is 0 Å². The fourth-order valence-corrected chi connectivity index (χ4v) is 4.10. The molecule has 0 amide bonds. The first kappa shape index (κ1) is 13.4. The van der Waals surface area contributed by atoms with Gasteiger partial charge in [0.2, 0.25) is 0 Å². The monoisotopic (exact) mass is 322 g/mol. The quantitative estimate of drug-likeness (QED) is 0.907. The Morgan fingerprint density at radius 3 is 2.68 bits per heavy atom. The molecule has 1 aliphatic carbocycles. The number of nitrogens with zero attached hydrogens (tertiary/aromatic N) is 1. The molecule has 3 heteroatoms. The molecule has 0 aromatic heterocycles. The molecule has 1 aliphatic heterocycles. The van der Waals surface area contributed by atoms with Crippen LogP contribution in [0.1, 0.15) is 31.7 Å². The van der Waals surface area contributed by atoms with Crippen LogP contribution in [0.25, 0.3) is 0 Å². The third kappa shape index (κ3) is 2.82. The van der Waals surface area contributed by atoms with Gasteiger partial charge >= 0.3 is 0 Å². The van der Waals surface area contributed by atoms with Crippen molar-refractivity contribution in [1.82, 2.24) is 5.32 Å². The summed E-state index contributed by atoms with van der Waals surface area (Å²) >= 11 is 3.60. The van der Waals surface area contributed by atoms with Crippen molar-refractivity contribution in [3.63, 3.8) is 0 Å². The third-order valence-electron chi connectivity index (χ3n) is 4.67. The van der Waals surface area contributed by atoms with E-state index in [1.54, 1.807) is 0 Å². The average Bonchev–Trinajstić information content (AvgIpc) is 2.97. The SMILES string of the molecule is CCNCc1cc(Br)ccc1N1CC2CCCC2C1. The van der Waals surface area contributed by atoms with Gasteiger partial charge in [0.15, 0.2) is 0 Å². The zero-order chi connectivity index (χ0) is 13.2. The molecule has 104 valence electrons. The minimum atomic E-state index is 0.954. The Morgan fingerprint density at radius 2 is 2.00 bits per heavy atom. The molecule has 2 atom stereocenters. The molecular formula is C16H23BrN2. The second-order valence-electron chi connectivity index (χ2n) is 5.91. The van der Waals surface area contributed by atoms with Gasteiger partial charge in [-0.05, 0) is 55.0 Å². The molecule has 2 aliphatic rings. The van der Waals surface area contributed by atoms with E-state index >= 15 is 0 Å². The molecule has 2 unspecified atom stereocenters. The fourth-order valence-electron chi connectivity index (χ4n) is 3.70. The Morgan fingerprint density at radius 1 is 1.26 bits per heavy atom. The zero-order valence-electron chi connectivity index (χ0n) is 11.7. The Balaban J connectivity index is 1.79. The summed E-state index contributed by atoms with van der Waals surface area (Å²) in [5.41, 5.74) is 2.87. The first-order valence-corrected chi connectivity index (χ1v) is 8.31. The Labute approximate surface area is 124 Å². The summed E-state index contributed by atoms with van der Waals surface area (Å²) in [6, 6.07) is 6.74. The average molecular weight is 323 g/mol. The van der Waals surface area contributed by atoms with Crippen LogP contribution in [0.4, 0.5) is 5.69 Å². The van der Waals surface area contributed by atoms with Gasteiger partial charge in [-0.2, -0.15) is 0 Å². The van der Waals surface area contributed by atoms with Gasteiger partial charge in [-0.25, -0.2) is 0 Å². The largest absolute Gasteiger partial charge is 0.371 e. The fraction of sp³-hybridized carbons (Fsp3) is 0.625. The summed E-state index contributed by atoms with van der Waals surface area (Å²) in [5.74, 6) is 1.91. The van der Waals surface area contributed by atoms with Gasteiger partial charge < -0.3 is 10.2 Å². The second kappa shape index (κ2) is 5.84. The molecule has 0 bridgehead atoms. The Bertz CT molecular complexity index is 434. The van der Waals surface area contributed by atoms with Gasteiger partial charge in [0, 0.05) is 29.8 Å². The van der Waals surface area contributed by atoms with Crippen molar-refractivity contribution in [3.05, 3.63) is 28.2 Å². The van der Waals surface area contributed by atoms with Crippen molar-refractivity contribution in [2.75, 3.05) is 24.5 Å². The minimum absolute atomic E-state index is 0.954. The maximum Gasteiger partial charge on any atom is 0.0412 e. The lowest BCUT2D eigenvalue weighted by molar-refractivity contribution is 0.494. The summed E-state index contributed by atoms with van der Waals surface area (Å²) in [7, 11) is 0. The van der Waals surface area contributed by atoms with E-state index in [4.69, 9.17) is 0 Å². The number of nitrogens with one attached hydrogen (secondary N) is 1. The lowest BCUT2D eigenvalue weighted by Gasteiger charge is -2.23. The van der Waals surface area contributed by atoms with E-state index in [-0.39, 0.29) is 0 Å². The van der Waals surface area contributed by atoms with Crippen molar-refractivity contribution in [1.29, 1.82) is 0 Å². The van der Waals surface area contributed by atoms with Gasteiger partial charge in [-0.1, -0.05) is 29.3 Å². The minimum Gasteiger partial charge on any atom is -0.371 e. The predicted molar refractivity (Wildman–Crippen MR) is 84.6 cm³/mol. The molecule has 1 heterocycles. The molecule has 2 nitrogen and oxygen atoms in total. The van der Waals surface area contributed by atoms with Crippen LogP contribution in [0.15, 0.2) is 22.7 Å². The highest BCUT2D eigenvalue weighted by atomic mass is 79.9. The predicted octanol–water partition coefficient (Wildman–Crippen LogP) is 3.79. The topological polar surface area (TPSA) is 15.3 Å². The summed E-state index contributed by atoms with van der Waals surface area (Å²) in [6.07, 6.45) is 4.34. The van der Waals surface area contributed by atoms with E-state index in [0.717, 1.165) is 24.9 Å². The molecule has 1 aromatic rings.